The average Bonchev–Trinajstić information content (AvgIpc) is 3.32. The minimum absolute atomic E-state index is 0.433. The molecule has 0 saturated carbocycles. The summed E-state index contributed by atoms with van der Waals surface area (Å²) in [6.07, 6.45) is 3.24. The highest BCUT2D eigenvalue weighted by Crippen LogP contribution is 2.32. The summed E-state index contributed by atoms with van der Waals surface area (Å²) in [5, 5.41) is 3.63. The number of aromatic nitrogens is 2. The summed E-state index contributed by atoms with van der Waals surface area (Å²) in [4.78, 5) is 9.99. The number of aryl methyl sites for hydroxylation is 1. The van der Waals surface area contributed by atoms with Crippen LogP contribution in [0, 0.1) is 0 Å². The van der Waals surface area contributed by atoms with Crippen molar-refractivity contribution in [1.82, 2.24) is 9.97 Å². The van der Waals surface area contributed by atoms with Crippen molar-refractivity contribution in [2.45, 2.75) is 45.6 Å². The first kappa shape index (κ1) is 20.4. The van der Waals surface area contributed by atoms with Crippen molar-refractivity contribution in [3.63, 3.8) is 0 Å². The van der Waals surface area contributed by atoms with E-state index in [9.17, 15) is 0 Å². The summed E-state index contributed by atoms with van der Waals surface area (Å²) in [6.45, 7) is 5.21. The van der Waals surface area contributed by atoms with E-state index in [-0.39, 0.29) is 0 Å². The average molecular weight is 420 g/mol. The van der Waals surface area contributed by atoms with Gasteiger partial charge in [-0.3, -0.25) is 0 Å². The summed E-state index contributed by atoms with van der Waals surface area (Å²) in [5.41, 5.74) is 8.67. The lowest BCUT2D eigenvalue weighted by Gasteiger charge is -2.16. The minimum atomic E-state index is 0.433. The van der Waals surface area contributed by atoms with E-state index in [0.717, 1.165) is 43.0 Å². The molecule has 1 N–H and O–H groups in total. The summed E-state index contributed by atoms with van der Waals surface area (Å²) in [7, 11) is 0. The number of nitrogens with zero attached hydrogens (tertiary/aromatic N) is 2. The number of rotatable bonds is 6. The van der Waals surface area contributed by atoms with E-state index < -0.39 is 0 Å². The smallest absolute Gasteiger partial charge is 0.162 e. The van der Waals surface area contributed by atoms with Gasteiger partial charge in [-0.2, -0.15) is 0 Å². The molecule has 0 atom stereocenters. The van der Waals surface area contributed by atoms with Gasteiger partial charge < -0.3 is 5.32 Å². The van der Waals surface area contributed by atoms with Gasteiger partial charge in [0.25, 0.3) is 0 Å². The molecule has 3 nitrogen and oxygen atoms in total. The highest BCUT2D eigenvalue weighted by molar-refractivity contribution is 5.65. The Morgan fingerprint density at radius 2 is 1.50 bits per heavy atom. The lowest BCUT2D eigenvalue weighted by Crippen LogP contribution is -2.08. The van der Waals surface area contributed by atoms with Crippen LogP contribution >= 0.6 is 0 Å². The van der Waals surface area contributed by atoms with Gasteiger partial charge in [0.2, 0.25) is 0 Å². The van der Waals surface area contributed by atoms with Crippen LogP contribution in [0.1, 0.15) is 48.6 Å². The highest BCUT2D eigenvalue weighted by Gasteiger charge is 2.21. The maximum atomic E-state index is 5.02. The van der Waals surface area contributed by atoms with Gasteiger partial charge in [-0.15, -0.1) is 0 Å². The molecule has 0 bridgehead atoms. The lowest BCUT2D eigenvalue weighted by molar-refractivity contribution is 0.864. The summed E-state index contributed by atoms with van der Waals surface area (Å²) < 4.78 is 0. The van der Waals surface area contributed by atoms with Gasteiger partial charge in [0.15, 0.2) is 5.82 Å². The molecule has 0 amide bonds. The van der Waals surface area contributed by atoms with Crippen molar-refractivity contribution in [2.75, 3.05) is 5.32 Å². The number of benzene rings is 3. The zero-order chi connectivity index (χ0) is 21.9. The molecule has 160 valence electrons. The van der Waals surface area contributed by atoms with Crippen molar-refractivity contribution in [1.29, 1.82) is 0 Å². The van der Waals surface area contributed by atoms with Crippen LogP contribution in [-0.4, -0.2) is 9.97 Å². The van der Waals surface area contributed by atoms with Gasteiger partial charge in [-0.1, -0.05) is 92.7 Å². The Morgan fingerprint density at radius 1 is 0.781 bits per heavy atom. The fourth-order valence-corrected chi connectivity index (χ4v) is 4.53. The quantitative estimate of drug-likeness (QED) is 0.364. The first-order valence-electron chi connectivity index (χ1n) is 11.6. The van der Waals surface area contributed by atoms with Crippen LogP contribution in [0.3, 0.4) is 0 Å². The van der Waals surface area contributed by atoms with Crippen LogP contribution in [-0.2, 0) is 19.4 Å². The first-order chi connectivity index (χ1) is 15.7. The Bertz CT molecular complexity index is 1210. The Kier molecular flexibility index (Phi) is 5.72. The van der Waals surface area contributed by atoms with Gasteiger partial charge in [0, 0.05) is 23.4 Å². The second-order valence-electron chi connectivity index (χ2n) is 8.83. The maximum Gasteiger partial charge on any atom is 0.162 e. The van der Waals surface area contributed by atoms with Gasteiger partial charge in [-0.05, 0) is 47.4 Å². The SMILES string of the molecule is CC(C)c1ccccc1-c1nc2c(c(NCc3ccc(-c4ccccc4)cc3)n1)CCC2. The van der Waals surface area contributed by atoms with Crippen molar-refractivity contribution in [3.05, 3.63) is 101 Å². The van der Waals surface area contributed by atoms with Crippen LogP contribution < -0.4 is 5.32 Å². The first-order valence-corrected chi connectivity index (χ1v) is 11.6. The normalized spacial score (nSPS) is 12.7. The van der Waals surface area contributed by atoms with Gasteiger partial charge in [-0.25, -0.2) is 9.97 Å². The molecule has 0 aliphatic heterocycles. The standard InChI is InChI=1S/C29H29N3/c1-20(2)24-11-6-7-12-25(24)29-31-27-14-8-13-26(27)28(32-29)30-19-21-15-17-23(18-16-21)22-9-4-3-5-10-22/h3-7,9-12,15-18,20H,8,13-14,19H2,1-2H3,(H,30,31,32). The second kappa shape index (κ2) is 8.96. The predicted molar refractivity (Wildman–Crippen MR) is 133 cm³/mol. The summed E-state index contributed by atoms with van der Waals surface area (Å²) >= 11 is 0. The Morgan fingerprint density at radius 3 is 2.28 bits per heavy atom. The highest BCUT2D eigenvalue weighted by atomic mass is 15.0. The predicted octanol–water partition coefficient (Wildman–Crippen LogP) is 7.03. The number of anilines is 1. The molecule has 1 heterocycles. The van der Waals surface area contributed by atoms with E-state index in [4.69, 9.17) is 9.97 Å². The molecule has 3 aromatic carbocycles. The second-order valence-corrected chi connectivity index (χ2v) is 8.83. The van der Waals surface area contributed by atoms with E-state index in [1.54, 1.807) is 0 Å². The number of hydrogen-bond donors (Lipinski definition) is 1. The molecule has 4 aromatic rings. The monoisotopic (exact) mass is 419 g/mol. The van der Waals surface area contributed by atoms with E-state index in [0.29, 0.717) is 5.92 Å². The Balaban J connectivity index is 1.41. The molecule has 0 fully saturated rings. The van der Waals surface area contributed by atoms with Crippen LogP contribution in [0.2, 0.25) is 0 Å². The van der Waals surface area contributed by atoms with Crippen molar-refractivity contribution >= 4 is 5.82 Å². The van der Waals surface area contributed by atoms with E-state index in [1.807, 2.05) is 0 Å². The Labute approximate surface area is 190 Å². The lowest BCUT2D eigenvalue weighted by atomic mass is 9.96. The van der Waals surface area contributed by atoms with Crippen LogP contribution in [0.25, 0.3) is 22.5 Å². The molecule has 0 unspecified atom stereocenters. The number of fused-ring (bicyclic) bond motifs is 1. The fraction of sp³-hybridized carbons (Fsp3) is 0.241. The molecule has 0 saturated heterocycles. The van der Waals surface area contributed by atoms with Crippen molar-refractivity contribution in [2.24, 2.45) is 0 Å². The van der Waals surface area contributed by atoms with Crippen molar-refractivity contribution < 1.29 is 0 Å². The number of nitrogens with one attached hydrogen (secondary N) is 1. The van der Waals surface area contributed by atoms with Gasteiger partial charge in [0.1, 0.15) is 5.82 Å². The zero-order valence-electron chi connectivity index (χ0n) is 18.8. The van der Waals surface area contributed by atoms with Crippen LogP contribution in [0.4, 0.5) is 5.82 Å². The molecule has 1 aromatic heterocycles. The molecule has 1 aliphatic carbocycles. The van der Waals surface area contributed by atoms with Gasteiger partial charge >= 0.3 is 0 Å². The third kappa shape index (κ3) is 4.16. The molecule has 1 aliphatic rings. The summed E-state index contributed by atoms with van der Waals surface area (Å²) in [5.74, 6) is 2.27. The Hall–Kier alpha value is -3.46. The van der Waals surface area contributed by atoms with Gasteiger partial charge in [0.05, 0.1) is 0 Å². The third-order valence-corrected chi connectivity index (χ3v) is 6.28. The molecular weight excluding hydrogens is 390 g/mol. The summed E-state index contributed by atoms with van der Waals surface area (Å²) in [6, 6.07) is 27.8. The van der Waals surface area contributed by atoms with Crippen LogP contribution in [0.15, 0.2) is 78.9 Å². The molecule has 5 rings (SSSR count). The fourth-order valence-electron chi connectivity index (χ4n) is 4.53. The molecule has 0 radical (unpaired) electrons. The number of hydrogen-bond acceptors (Lipinski definition) is 3. The molecule has 32 heavy (non-hydrogen) atoms. The van der Waals surface area contributed by atoms with Crippen LogP contribution in [0.5, 0.6) is 0 Å². The largest absolute Gasteiger partial charge is 0.366 e. The molecule has 3 heteroatoms. The topological polar surface area (TPSA) is 37.8 Å². The van der Waals surface area contributed by atoms with Crippen molar-refractivity contribution in [3.8, 4) is 22.5 Å². The van der Waals surface area contributed by atoms with E-state index >= 15 is 0 Å². The van der Waals surface area contributed by atoms with E-state index in [2.05, 4.69) is 98.0 Å². The maximum absolute atomic E-state index is 5.02. The molecular formula is C29H29N3. The molecule has 0 spiro atoms. The van der Waals surface area contributed by atoms with E-state index in [1.165, 1.54) is 33.5 Å². The minimum Gasteiger partial charge on any atom is -0.366 e. The zero-order valence-corrected chi connectivity index (χ0v) is 18.8. The third-order valence-electron chi connectivity index (χ3n) is 6.28.